The molecule has 0 saturated heterocycles. The van der Waals surface area contributed by atoms with Crippen molar-refractivity contribution in [3.8, 4) is 0 Å². The van der Waals surface area contributed by atoms with Crippen molar-refractivity contribution in [2.75, 3.05) is 0 Å². The third-order valence-corrected chi connectivity index (χ3v) is 3.93. The third-order valence-electron chi connectivity index (χ3n) is 2.46. The van der Waals surface area contributed by atoms with Crippen LogP contribution in [-0.4, -0.2) is 19.6 Å². The third kappa shape index (κ3) is 2.85. The van der Waals surface area contributed by atoms with E-state index in [4.69, 9.17) is 0 Å². The highest BCUT2D eigenvalue weighted by atomic mass is 79.9. The molecule has 0 spiro atoms. The fraction of sp³-hybridized carbons (Fsp3) is 0.100. The van der Waals surface area contributed by atoms with E-state index in [0.29, 0.717) is 10.0 Å². The van der Waals surface area contributed by atoms with Crippen LogP contribution >= 0.6 is 31.9 Å². The molecular formula is C10H6Br2N4O4. The molecule has 2 aromatic rings. The van der Waals surface area contributed by atoms with Crippen LogP contribution in [0.25, 0.3) is 0 Å². The number of halogens is 2. The summed E-state index contributed by atoms with van der Waals surface area (Å²) in [5, 5.41) is 25.3. The molecule has 0 radical (unpaired) electrons. The zero-order valence-corrected chi connectivity index (χ0v) is 12.9. The van der Waals surface area contributed by atoms with E-state index in [9.17, 15) is 20.2 Å². The zero-order valence-electron chi connectivity index (χ0n) is 9.69. The van der Waals surface area contributed by atoms with E-state index < -0.39 is 9.85 Å². The van der Waals surface area contributed by atoms with Crippen molar-refractivity contribution in [3.05, 3.63) is 59.1 Å². The predicted octanol–water partition coefficient (Wildman–Crippen LogP) is 3.27. The van der Waals surface area contributed by atoms with Crippen molar-refractivity contribution < 1.29 is 9.85 Å². The van der Waals surface area contributed by atoms with Crippen LogP contribution < -0.4 is 0 Å². The van der Waals surface area contributed by atoms with Crippen LogP contribution in [0.15, 0.2) is 33.3 Å². The zero-order chi connectivity index (χ0) is 14.9. The second-order valence-corrected chi connectivity index (χ2v) is 5.41. The average Bonchev–Trinajstić information content (AvgIpc) is 2.72. The molecule has 10 heteroatoms. The maximum atomic E-state index is 10.8. The number of rotatable bonds is 4. The molecule has 8 nitrogen and oxygen atoms in total. The van der Waals surface area contributed by atoms with Gasteiger partial charge in [0.25, 0.3) is 5.69 Å². The molecule has 1 aromatic carbocycles. The van der Waals surface area contributed by atoms with Gasteiger partial charge in [0.2, 0.25) is 0 Å². The minimum atomic E-state index is -0.608. The first-order valence-corrected chi connectivity index (χ1v) is 6.78. The molecule has 1 heterocycles. The van der Waals surface area contributed by atoms with E-state index >= 15 is 0 Å². The van der Waals surface area contributed by atoms with E-state index in [0.717, 1.165) is 0 Å². The summed E-state index contributed by atoms with van der Waals surface area (Å²) in [7, 11) is 0. The highest BCUT2D eigenvalue weighted by molar-refractivity contribution is 9.11. The normalized spacial score (nSPS) is 10.5. The Morgan fingerprint density at radius 3 is 2.45 bits per heavy atom. The lowest BCUT2D eigenvalue weighted by Crippen LogP contribution is -2.03. The van der Waals surface area contributed by atoms with Gasteiger partial charge >= 0.3 is 5.82 Å². The van der Waals surface area contributed by atoms with Gasteiger partial charge in [-0.2, -0.15) is 4.68 Å². The molecule has 0 aliphatic rings. The molecule has 0 aliphatic carbocycles. The summed E-state index contributed by atoms with van der Waals surface area (Å²) in [5.74, 6) is -0.299. The van der Waals surface area contributed by atoms with Gasteiger partial charge in [-0.25, -0.2) is 0 Å². The minimum absolute atomic E-state index is 0.0665. The maximum absolute atomic E-state index is 10.8. The molecule has 0 amide bonds. The fourth-order valence-corrected chi connectivity index (χ4v) is 2.59. The Hall–Kier alpha value is -1.81. The fourth-order valence-electron chi connectivity index (χ4n) is 1.60. The molecule has 0 N–H and O–H groups in total. The second-order valence-electron chi connectivity index (χ2n) is 3.76. The van der Waals surface area contributed by atoms with Gasteiger partial charge < -0.3 is 10.1 Å². The predicted molar refractivity (Wildman–Crippen MR) is 76.5 cm³/mol. The lowest BCUT2D eigenvalue weighted by Gasteiger charge is -2.02. The van der Waals surface area contributed by atoms with Crippen LogP contribution in [0.3, 0.4) is 0 Å². The number of nitrogens with zero attached hydrogens (tertiary/aromatic N) is 4. The molecule has 20 heavy (non-hydrogen) atoms. The molecule has 0 atom stereocenters. The highest BCUT2D eigenvalue weighted by Crippen LogP contribution is 2.29. The Morgan fingerprint density at radius 1 is 1.20 bits per heavy atom. The first-order chi connectivity index (χ1) is 9.40. The van der Waals surface area contributed by atoms with Crippen molar-refractivity contribution in [2.24, 2.45) is 0 Å². The Balaban J connectivity index is 2.35. The highest BCUT2D eigenvalue weighted by Gasteiger charge is 2.21. The van der Waals surface area contributed by atoms with Gasteiger partial charge in [-0.15, -0.1) is 0 Å². The first-order valence-electron chi connectivity index (χ1n) is 5.19. The second kappa shape index (κ2) is 5.67. The lowest BCUT2D eigenvalue weighted by atomic mass is 10.2. The van der Waals surface area contributed by atoms with Gasteiger partial charge in [-0.1, -0.05) is 12.1 Å². The average molecular weight is 406 g/mol. The molecule has 0 saturated carbocycles. The van der Waals surface area contributed by atoms with Crippen LogP contribution in [0.2, 0.25) is 0 Å². The quantitative estimate of drug-likeness (QED) is 0.573. The van der Waals surface area contributed by atoms with Crippen LogP contribution in [0, 0.1) is 20.2 Å². The van der Waals surface area contributed by atoms with E-state index in [-0.39, 0.29) is 22.5 Å². The monoisotopic (exact) mass is 404 g/mol. The van der Waals surface area contributed by atoms with Crippen LogP contribution in [0.4, 0.5) is 11.5 Å². The standard InChI is InChI=1S/C10H6Br2N4O4/c11-7-5-14(13-10(7)16(19)20)4-6-2-1-3-8(9(6)12)15(17)18/h1-3,5H,4H2. The van der Waals surface area contributed by atoms with Crippen molar-refractivity contribution in [1.82, 2.24) is 9.78 Å². The Kier molecular flexibility index (Phi) is 4.14. The summed E-state index contributed by atoms with van der Waals surface area (Å²) in [4.78, 5) is 20.4. The molecule has 104 valence electrons. The number of hydrogen-bond donors (Lipinski definition) is 0. The van der Waals surface area contributed by atoms with Gasteiger partial charge in [0.1, 0.15) is 8.95 Å². The summed E-state index contributed by atoms with van der Waals surface area (Å²) in [5.41, 5.74) is 0.535. The molecule has 2 rings (SSSR count). The number of nitro benzene ring substituents is 1. The molecule has 1 aromatic heterocycles. The summed E-state index contributed by atoms with van der Waals surface area (Å²) < 4.78 is 1.93. The van der Waals surface area contributed by atoms with Gasteiger partial charge in [0.15, 0.2) is 0 Å². The van der Waals surface area contributed by atoms with E-state index in [1.165, 1.54) is 16.9 Å². The first kappa shape index (κ1) is 14.6. The van der Waals surface area contributed by atoms with Crippen molar-refractivity contribution in [1.29, 1.82) is 0 Å². The van der Waals surface area contributed by atoms with E-state index in [1.807, 2.05) is 0 Å². The Morgan fingerprint density at radius 2 is 1.90 bits per heavy atom. The number of hydrogen-bond acceptors (Lipinski definition) is 5. The maximum Gasteiger partial charge on any atom is 0.404 e. The molecular weight excluding hydrogens is 400 g/mol. The number of nitro groups is 2. The van der Waals surface area contributed by atoms with Gasteiger partial charge in [-0.3, -0.25) is 10.1 Å². The van der Waals surface area contributed by atoms with Gasteiger partial charge in [0, 0.05) is 6.07 Å². The molecule has 0 bridgehead atoms. The van der Waals surface area contributed by atoms with Crippen molar-refractivity contribution in [3.63, 3.8) is 0 Å². The molecule has 0 fully saturated rings. The SMILES string of the molecule is O=[N+]([O-])c1cccc(Cn2cc(Br)c([N+](=O)[O-])n2)c1Br. The van der Waals surface area contributed by atoms with Crippen molar-refractivity contribution >= 4 is 43.4 Å². The minimum Gasteiger partial charge on any atom is -0.358 e. The summed E-state index contributed by atoms with van der Waals surface area (Å²) in [6.45, 7) is 0.175. The Labute approximate surface area is 129 Å². The largest absolute Gasteiger partial charge is 0.404 e. The topological polar surface area (TPSA) is 104 Å². The Bertz CT molecular complexity index is 701. The van der Waals surface area contributed by atoms with Gasteiger partial charge in [-0.05, 0) is 42.3 Å². The van der Waals surface area contributed by atoms with Gasteiger partial charge in [0.05, 0.1) is 22.8 Å². The van der Waals surface area contributed by atoms with Crippen molar-refractivity contribution in [2.45, 2.75) is 6.54 Å². The lowest BCUT2D eigenvalue weighted by molar-refractivity contribution is -0.390. The smallest absolute Gasteiger partial charge is 0.358 e. The number of aromatic nitrogens is 2. The molecule has 0 aliphatic heterocycles. The summed E-state index contributed by atoms with van der Waals surface area (Å²) in [6, 6.07) is 4.60. The van der Waals surface area contributed by atoms with Crippen LogP contribution in [0.1, 0.15) is 5.56 Å². The van der Waals surface area contributed by atoms with E-state index in [2.05, 4.69) is 37.0 Å². The van der Waals surface area contributed by atoms with Crippen LogP contribution in [-0.2, 0) is 6.54 Å². The molecule has 0 unspecified atom stereocenters. The van der Waals surface area contributed by atoms with Crippen LogP contribution in [0.5, 0.6) is 0 Å². The summed E-state index contributed by atoms with van der Waals surface area (Å²) >= 11 is 6.21. The number of benzene rings is 1. The van der Waals surface area contributed by atoms with E-state index in [1.54, 1.807) is 12.1 Å². The summed E-state index contributed by atoms with van der Waals surface area (Å²) in [6.07, 6.45) is 1.45.